The monoisotopic (exact) mass is 395 g/mol. The number of carbonyl (C=O) groups excluding carboxylic acids is 3. The third kappa shape index (κ3) is 4.64. The Morgan fingerprint density at radius 3 is 2.66 bits per heavy atom. The molecule has 3 heterocycles. The van der Waals surface area contributed by atoms with E-state index in [4.69, 9.17) is 0 Å². The summed E-state index contributed by atoms with van der Waals surface area (Å²) in [4.78, 5) is 37.4. The van der Waals surface area contributed by atoms with Crippen molar-refractivity contribution in [3.8, 4) is 0 Å². The van der Waals surface area contributed by atoms with Gasteiger partial charge in [-0.2, -0.15) is 5.10 Å². The number of urea groups is 1. The van der Waals surface area contributed by atoms with Crippen LogP contribution in [0, 0.1) is 11.8 Å². The third-order valence-corrected chi connectivity index (χ3v) is 5.61. The largest absolute Gasteiger partial charge is 0.324 e. The van der Waals surface area contributed by atoms with E-state index in [1.54, 1.807) is 4.68 Å². The van der Waals surface area contributed by atoms with Crippen molar-refractivity contribution in [1.29, 1.82) is 0 Å². The number of aryl methyl sites for hydroxylation is 1. The Labute approximate surface area is 169 Å². The number of aromatic nitrogens is 2. The molecule has 0 spiro atoms. The normalized spacial score (nSPS) is 21.5. The van der Waals surface area contributed by atoms with Crippen molar-refractivity contribution in [1.82, 2.24) is 20.0 Å². The van der Waals surface area contributed by atoms with Gasteiger partial charge in [0.05, 0.1) is 12.1 Å². The minimum Gasteiger partial charge on any atom is -0.324 e. The molecule has 2 saturated heterocycles. The second-order valence-electron chi connectivity index (χ2n) is 7.97. The van der Waals surface area contributed by atoms with Gasteiger partial charge in [0, 0.05) is 38.4 Å². The summed E-state index contributed by atoms with van der Waals surface area (Å²) in [6.45, 7) is 1.49. The zero-order chi connectivity index (χ0) is 20.4. The van der Waals surface area contributed by atoms with Gasteiger partial charge in [0.1, 0.15) is 0 Å². The highest BCUT2D eigenvalue weighted by Crippen LogP contribution is 2.22. The lowest BCUT2D eigenvalue weighted by atomic mass is 9.98. The maximum atomic E-state index is 12.6. The van der Waals surface area contributed by atoms with Gasteiger partial charge in [-0.05, 0) is 48.4 Å². The summed E-state index contributed by atoms with van der Waals surface area (Å²) in [5.41, 5.74) is 2.89. The zero-order valence-electron chi connectivity index (χ0n) is 16.4. The number of anilines is 1. The summed E-state index contributed by atoms with van der Waals surface area (Å²) in [6, 6.07) is 7.37. The summed E-state index contributed by atoms with van der Waals surface area (Å²) in [5.74, 6) is -0.268. The number of hydrogen-bond acceptors (Lipinski definition) is 4. The molecule has 2 N–H and O–H groups in total. The van der Waals surface area contributed by atoms with Crippen LogP contribution >= 0.6 is 0 Å². The highest BCUT2D eigenvalue weighted by molar-refractivity contribution is 6.03. The summed E-state index contributed by atoms with van der Waals surface area (Å²) in [5, 5.41) is 9.48. The highest BCUT2D eigenvalue weighted by atomic mass is 16.2. The molecule has 1 aromatic heterocycles. The van der Waals surface area contributed by atoms with Crippen LogP contribution in [-0.4, -0.2) is 45.6 Å². The molecule has 29 heavy (non-hydrogen) atoms. The van der Waals surface area contributed by atoms with Crippen molar-refractivity contribution in [2.45, 2.75) is 25.7 Å². The van der Waals surface area contributed by atoms with Gasteiger partial charge in [-0.15, -0.1) is 0 Å². The van der Waals surface area contributed by atoms with E-state index in [1.165, 1.54) is 5.56 Å². The van der Waals surface area contributed by atoms with Crippen molar-refractivity contribution in [3.05, 3.63) is 47.8 Å². The van der Waals surface area contributed by atoms with Crippen LogP contribution in [-0.2, 0) is 29.5 Å². The molecular formula is C21H25N5O3. The van der Waals surface area contributed by atoms with E-state index in [1.807, 2.05) is 48.6 Å². The Hall–Kier alpha value is -3.16. The van der Waals surface area contributed by atoms with Crippen LogP contribution in [0.15, 0.2) is 36.7 Å². The Kier molecular flexibility index (Phi) is 5.33. The van der Waals surface area contributed by atoms with Gasteiger partial charge in [-0.3, -0.25) is 19.6 Å². The lowest BCUT2D eigenvalue weighted by Gasteiger charge is -2.17. The number of rotatable bonds is 5. The highest BCUT2D eigenvalue weighted by Gasteiger charge is 2.30. The molecule has 2 unspecified atom stereocenters. The van der Waals surface area contributed by atoms with Crippen LogP contribution in [0.2, 0.25) is 0 Å². The first-order chi connectivity index (χ1) is 14.0. The molecule has 0 bridgehead atoms. The molecule has 0 aliphatic carbocycles. The molecule has 4 rings (SSSR count). The third-order valence-electron chi connectivity index (χ3n) is 5.61. The van der Waals surface area contributed by atoms with E-state index >= 15 is 0 Å². The number of likely N-dealkylation sites (tertiary alicyclic amines) is 1. The van der Waals surface area contributed by atoms with E-state index in [0.29, 0.717) is 12.3 Å². The Morgan fingerprint density at radius 1 is 1.21 bits per heavy atom. The number of nitrogens with zero attached hydrogens (tertiary/aromatic N) is 3. The van der Waals surface area contributed by atoms with Crippen molar-refractivity contribution in [3.63, 3.8) is 0 Å². The molecule has 2 aromatic rings. The van der Waals surface area contributed by atoms with E-state index in [-0.39, 0.29) is 30.2 Å². The maximum absolute atomic E-state index is 12.6. The van der Waals surface area contributed by atoms with Crippen LogP contribution in [0.3, 0.4) is 0 Å². The number of hydrogen-bond donors (Lipinski definition) is 2. The molecule has 2 aliphatic heterocycles. The van der Waals surface area contributed by atoms with Crippen LogP contribution in [0.25, 0.3) is 0 Å². The second kappa shape index (κ2) is 8.06. The minimum absolute atomic E-state index is 0.0906. The van der Waals surface area contributed by atoms with Gasteiger partial charge >= 0.3 is 6.03 Å². The molecule has 2 fully saturated rings. The van der Waals surface area contributed by atoms with Crippen LogP contribution in [0.1, 0.15) is 24.0 Å². The van der Waals surface area contributed by atoms with Crippen molar-refractivity contribution < 1.29 is 14.4 Å². The van der Waals surface area contributed by atoms with Gasteiger partial charge in [0.15, 0.2) is 0 Å². The smallest absolute Gasteiger partial charge is 0.321 e. The number of nitrogens with one attached hydrogen (secondary N) is 2. The fraction of sp³-hybridized carbons (Fsp3) is 0.429. The summed E-state index contributed by atoms with van der Waals surface area (Å²) >= 11 is 0. The molecule has 4 amide bonds. The summed E-state index contributed by atoms with van der Waals surface area (Å²) < 4.78 is 1.80. The van der Waals surface area contributed by atoms with E-state index < -0.39 is 0 Å². The fourth-order valence-corrected chi connectivity index (χ4v) is 4.08. The average Bonchev–Trinajstić information content (AvgIpc) is 3.39. The molecule has 0 radical (unpaired) electrons. The minimum atomic E-state index is -0.302. The second-order valence-corrected chi connectivity index (χ2v) is 7.97. The number of benzene rings is 1. The Morgan fingerprint density at radius 2 is 2.00 bits per heavy atom. The predicted octanol–water partition coefficient (Wildman–Crippen LogP) is 1.72. The lowest BCUT2D eigenvalue weighted by molar-refractivity contribution is -0.125. The van der Waals surface area contributed by atoms with E-state index in [0.717, 1.165) is 37.2 Å². The van der Waals surface area contributed by atoms with Crippen LogP contribution in [0.4, 0.5) is 10.5 Å². The zero-order valence-corrected chi connectivity index (χ0v) is 16.4. The first kappa shape index (κ1) is 19.2. The summed E-state index contributed by atoms with van der Waals surface area (Å²) in [6.07, 6.45) is 6.60. The molecule has 8 heteroatoms. The van der Waals surface area contributed by atoms with E-state index in [9.17, 15) is 14.4 Å². The Balaban J connectivity index is 1.27. The summed E-state index contributed by atoms with van der Waals surface area (Å²) in [7, 11) is 1.91. The van der Waals surface area contributed by atoms with Gasteiger partial charge in [0.2, 0.25) is 11.8 Å². The van der Waals surface area contributed by atoms with Gasteiger partial charge in [-0.25, -0.2) is 4.79 Å². The maximum Gasteiger partial charge on any atom is 0.321 e. The van der Waals surface area contributed by atoms with Gasteiger partial charge < -0.3 is 10.2 Å². The number of carbonyl (C=O) groups is 3. The van der Waals surface area contributed by atoms with Gasteiger partial charge in [-0.1, -0.05) is 12.1 Å². The topological polar surface area (TPSA) is 96.3 Å². The van der Waals surface area contributed by atoms with Gasteiger partial charge in [0.25, 0.3) is 0 Å². The van der Waals surface area contributed by atoms with Crippen molar-refractivity contribution in [2.24, 2.45) is 18.9 Å². The first-order valence-corrected chi connectivity index (χ1v) is 9.92. The molecule has 1 aromatic carbocycles. The molecule has 2 aliphatic rings. The number of imide groups is 1. The molecular weight excluding hydrogens is 370 g/mol. The molecule has 0 saturated carbocycles. The first-order valence-electron chi connectivity index (χ1n) is 9.92. The van der Waals surface area contributed by atoms with E-state index in [2.05, 4.69) is 15.7 Å². The SMILES string of the molecule is Cn1cc(CC2CCN(C(=O)Nc3ccc(CC4CC(=O)NC4=O)cc3)C2)cn1. The average molecular weight is 395 g/mol. The Bertz CT molecular complexity index is 921. The molecule has 8 nitrogen and oxygen atoms in total. The van der Waals surface area contributed by atoms with Crippen LogP contribution < -0.4 is 10.6 Å². The standard InChI is InChI=1S/C21H25N5O3/c1-25-12-16(11-22-25)8-15-6-7-26(13-15)21(29)23-18-4-2-14(3-5-18)9-17-10-19(27)24-20(17)28/h2-5,11-12,15,17H,6-10,13H2,1H3,(H,23,29)(H,24,27,28). The van der Waals surface area contributed by atoms with Crippen LogP contribution in [0.5, 0.6) is 0 Å². The lowest BCUT2D eigenvalue weighted by Crippen LogP contribution is -2.33. The number of amides is 4. The van der Waals surface area contributed by atoms with Crippen molar-refractivity contribution in [2.75, 3.05) is 18.4 Å². The quantitative estimate of drug-likeness (QED) is 0.754. The predicted molar refractivity (Wildman–Crippen MR) is 107 cm³/mol. The molecule has 152 valence electrons. The fourth-order valence-electron chi connectivity index (χ4n) is 4.08. The molecule has 2 atom stereocenters. The van der Waals surface area contributed by atoms with Crippen molar-refractivity contribution >= 4 is 23.5 Å².